The summed E-state index contributed by atoms with van der Waals surface area (Å²) >= 11 is 0. The van der Waals surface area contributed by atoms with Crippen molar-refractivity contribution in [3.05, 3.63) is 53.8 Å². The summed E-state index contributed by atoms with van der Waals surface area (Å²) < 4.78 is 39.9. The molecule has 3 aromatic rings. The molecule has 0 radical (unpaired) electrons. The number of hydrogen-bond donors (Lipinski definition) is 1. The molecule has 1 aromatic carbocycles. The Balaban J connectivity index is 1.55. The van der Waals surface area contributed by atoms with Crippen LogP contribution in [0, 0.1) is 6.92 Å². The second kappa shape index (κ2) is 8.75. The maximum absolute atomic E-state index is 13.2. The second-order valence-electron chi connectivity index (χ2n) is 7.75. The maximum atomic E-state index is 13.2. The largest absolute Gasteiger partial charge is 0.497 e. The minimum Gasteiger partial charge on any atom is -0.497 e. The van der Waals surface area contributed by atoms with Gasteiger partial charge in [-0.2, -0.15) is 4.31 Å². The molecule has 1 aliphatic rings. The first-order valence-corrected chi connectivity index (χ1v) is 11.7. The molecule has 0 saturated carbocycles. The minimum absolute atomic E-state index is 0.0145. The van der Waals surface area contributed by atoms with Crippen LogP contribution in [0.2, 0.25) is 0 Å². The number of aryl methyl sites for hydroxylation is 2. The monoisotopic (exact) mass is 459 g/mol. The number of hydrogen-bond acceptors (Lipinski definition) is 7. The van der Waals surface area contributed by atoms with Crippen molar-refractivity contribution in [3.8, 4) is 5.75 Å². The molecular weight excluding hydrogens is 434 g/mol. The SMILES string of the molecule is COc1ccc(NC(=O)c2cc(C3CCCCN3S(=O)(=O)c3cn(C)cn3)on2)c(C)c1. The molecule has 10 nitrogen and oxygen atoms in total. The third kappa shape index (κ3) is 4.26. The molecule has 0 spiro atoms. The van der Waals surface area contributed by atoms with Crippen molar-refractivity contribution in [2.45, 2.75) is 37.3 Å². The number of rotatable bonds is 6. The zero-order valence-electron chi connectivity index (χ0n) is 18.1. The van der Waals surface area contributed by atoms with E-state index in [2.05, 4.69) is 15.5 Å². The van der Waals surface area contributed by atoms with Gasteiger partial charge in [0.2, 0.25) is 0 Å². The Morgan fingerprint density at radius 1 is 1.28 bits per heavy atom. The number of nitrogens with one attached hydrogen (secondary N) is 1. The van der Waals surface area contributed by atoms with Gasteiger partial charge in [-0.25, -0.2) is 13.4 Å². The van der Waals surface area contributed by atoms with Crippen LogP contribution in [0.3, 0.4) is 0 Å². The third-order valence-electron chi connectivity index (χ3n) is 5.48. The van der Waals surface area contributed by atoms with E-state index < -0.39 is 22.0 Å². The molecule has 11 heteroatoms. The molecule has 1 amide bonds. The highest BCUT2D eigenvalue weighted by Crippen LogP contribution is 2.35. The Labute approximate surface area is 186 Å². The van der Waals surface area contributed by atoms with Crippen LogP contribution in [0.4, 0.5) is 5.69 Å². The number of sulfonamides is 1. The molecule has 1 aliphatic heterocycles. The van der Waals surface area contributed by atoms with Gasteiger partial charge in [0.15, 0.2) is 16.5 Å². The molecule has 4 rings (SSSR count). The van der Waals surface area contributed by atoms with E-state index in [-0.39, 0.29) is 10.7 Å². The zero-order valence-corrected chi connectivity index (χ0v) is 18.9. The number of ether oxygens (including phenoxy) is 1. The van der Waals surface area contributed by atoms with Gasteiger partial charge in [-0.15, -0.1) is 0 Å². The molecule has 1 saturated heterocycles. The number of methoxy groups -OCH3 is 1. The number of imidazole rings is 1. The summed E-state index contributed by atoms with van der Waals surface area (Å²) in [5, 5.41) is 6.68. The van der Waals surface area contributed by atoms with E-state index in [0.717, 1.165) is 18.4 Å². The fraction of sp³-hybridized carbons (Fsp3) is 0.381. The number of benzene rings is 1. The molecule has 32 heavy (non-hydrogen) atoms. The van der Waals surface area contributed by atoms with Crippen molar-refractivity contribution in [2.75, 3.05) is 19.0 Å². The Morgan fingerprint density at radius 3 is 2.78 bits per heavy atom. The summed E-state index contributed by atoms with van der Waals surface area (Å²) in [5.74, 6) is 0.583. The number of amides is 1. The van der Waals surface area contributed by atoms with Gasteiger partial charge in [0, 0.05) is 31.5 Å². The highest BCUT2D eigenvalue weighted by atomic mass is 32.2. The van der Waals surface area contributed by atoms with Crippen LogP contribution in [-0.2, 0) is 17.1 Å². The molecule has 170 valence electrons. The molecule has 1 fully saturated rings. The molecular formula is C21H25N5O5S. The van der Waals surface area contributed by atoms with E-state index in [1.54, 1.807) is 30.9 Å². The van der Waals surface area contributed by atoms with Gasteiger partial charge in [0.05, 0.1) is 19.5 Å². The lowest BCUT2D eigenvalue weighted by atomic mass is 10.0. The summed E-state index contributed by atoms with van der Waals surface area (Å²) in [4.78, 5) is 16.7. The minimum atomic E-state index is -3.81. The van der Waals surface area contributed by atoms with Gasteiger partial charge in [-0.3, -0.25) is 4.79 Å². The number of piperidine rings is 1. The van der Waals surface area contributed by atoms with Crippen molar-refractivity contribution < 1.29 is 22.5 Å². The first kappa shape index (κ1) is 22.0. The molecule has 0 aliphatic carbocycles. The Bertz CT molecular complexity index is 1230. The van der Waals surface area contributed by atoms with Crippen LogP contribution >= 0.6 is 0 Å². The van der Waals surface area contributed by atoms with Crippen molar-refractivity contribution in [2.24, 2.45) is 7.05 Å². The van der Waals surface area contributed by atoms with Crippen molar-refractivity contribution in [1.29, 1.82) is 0 Å². The molecule has 1 atom stereocenters. The summed E-state index contributed by atoms with van der Waals surface area (Å²) in [6.07, 6.45) is 5.06. The van der Waals surface area contributed by atoms with E-state index in [0.29, 0.717) is 30.2 Å². The number of carbonyl (C=O) groups is 1. The first-order valence-electron chi connectivity index (χ1n) is 10.2. The van der Waals surface area contributed by atoms with Gasteiger partial charge in [0.1, 0.15) is 5.75 Å². The average Bonchev–Trinajstić information content (AvgIpc) is 3.45. The third-order valence-corrected chi connectivity index (χ3v) is 7.27. The smallest absolute Gasteiger partial charge is 0.277 e. The summed E-state index contributed by atoms with van der Waals surface area (Å²) in [6.45, 7) is 2.20. The van der Waals surface area contributed by atoms with Crippen LogP contribution in [0.5, 0.6) is 5.75 Å². The van der Waals surface area contributed by atoms with Crippen LogP contribution < -0.4 is 10.1 Å². The number of anilines is 1. The van der Waals surface area contributed by atoms with Gasteiger partial charge in [-0.05, 0) is 43.5 Å². The predicted octanol–water partition coefficient (Wildman–Crippen LogP) is 2.89. The molecule has 2 aromatic heterocycles. The lowest BCUT2D eigenvalue weighted by Gasteiger charge is -2.32. The van der Waals surface area contributed by atoms with Crippen LogP contribution in [-0.4, -0.2) is 47.0 Å². The lowest BCUT2D eigenvalue weighted by molar-refractivity contribution is 0.101. The quantitative estimate of drug-likeness (QED) is 0.602. The molecule has 1 unspecified atom stereocenters. The van der Waals surface area contributed by atoms with Crippen molar-refractivity contribution >= 4 is 21.6 Å². The zero-order chi connectivity index (χ0) is 22.9. The summed E-state index contributed by atoms with van der Waals surface area (Å²) in [6, 6.07) is 6.26. The highest BCUT2D eigenvalue weighted by Gasteiger charge is 2.38. The Morgan fingerprint density at radius 2 is 2.09 bits per heavy atom. The van der Waals surface area contributed by atoms with E-state index >= 15 is 0 Å². The van der Waals surface area contributed by atoms with Gasteiger partial charge >= 0.3 is 0 Å². The van der Waals surface area contributed by atoms with Gasteiger partial charge < -0.3 is 19.1 Å². The predicted molar refractivity (Wildman–Crippen MR) is 116 cm³/mol. The van der Waals surface area contributed by atoms with Crippen LogP contribution in [0.15, 0.2) is 46.3 Å². The van der Waals surface area contributed by atoms with E-state index in [1.807, 2.05) is 13.0 Å². The summed E-state index contributed by atoms with van der Waals surface area (Å²) in [5.41, 5.74) is 1.54. The van der Waals surface area contributed by atoms with E-state index in [9.17, 15) is 13.2 Å². The van der Waals surface area contributed by atoms with Gasteiger partial charge in [0.25, 0.3) is 15.9 Å². The Hall–Kier alpha value is -3.18. The average molecular weight is 460 g/mol. The maximum Gasteiger partial charge on any atom is 0.277 e. The second-order valence-corrected chi connectivity index (χ2v) is 9.59. The highest BCUT2D eigenvalue weighted by molar-refractivity contribution is 7.89. The van der Waals surface area contributed by atoms with E-state index in [1.165, 1.54) is 22.9 Å². The number of nitrogens with zero attached hydrogens (tertiary/aromatic N) is 4. The standard InChI is InChI=1S/C21H25N5O5S/c1-14-10-15(30-3)7-8-16(14)23-21(27)17-11-19(31-24-17)18-6-4-5-9-26(18)32(28,29)20-12-25(2)13-22-20/h7-8,10-13,18H,4-6,9H2,1-3H3,(H,23,27). The number of aromatic nitrogens is 3. The fourth-order valence-corrected chi connectivity index (χ4v) is 5.40. The topological polar surface area (TPSA) is 120 Å². The molecule has 3 heterocycles. The lowest BCUT2D eigenvalue weighted by Crippen LogP contribution is -2.38. The normalized spacial score (nSPS) is 17.3. The van der Waals surface area contributed by atoms with Crippen LogP contribution in [0.1, 0.15) is 47.1 Å². The Kier molecular flexibility index (Phi) is 6.02. The van der Waals surface area contributed by atoms with Crippen LogP contribution in [0.25, 0.3) is 0 Å². The molecule has 1 N–H and O–H groups in total. The number of carbonyl (C=O) groups excluding carboxylic acids is 1. The summed E-state index contributed by atoms with van der Waals surface area (Å²) in [7, 11) is -0.519. The van der Waals surface area contributed by atoms with Gasteiger partial charge in [-0.1, -0.05) is 11.6 Å². The fourth-order valence-electron chi connectivity index (χ4n) is 3.76. The first-order chi connectivity index (χ1) is 15.3. The van der Waals surface area contributed by atoms with Crippen molar-refractivity contribution in [1.82, 2.24) is 19.0 Å². The van der Waals surface area contributed by atoms with Crippen molar-refractivity contribution in [3.63, 3.8) is 0 Å². The molecule has 0 bridgehead atoms. The van der Waals surface area contributed by atoms with E-state index in [4.69, 9.17) is 9.26 Å².